The fraction of sp³-hybridized carbons (Fsp3) is 0.0667. The SMILES string of the molecule is Cc1cc([N+](=O)[O-])ccc1NC(=S)NC(=O)c1ccc(I)cc1. The van der Waals surface area contributed by atoms with Gasteiger partial charge in [-0.2, -0.15) is 0 Å². The van der Waals surface area contributed by atoms with Crippen LogP contribution in [-0.2, 0) is 0 Å². The molecule has 0 aromatic heterocycles. The van der Waals surface area contributed by atoms with Crippen LogP contribution in [0.15, 0.2) is 42.5 Å². The molecule has 0 bridgehead atoms. The highest BCUT2D eigenvalue weighted by Crippen LogP contribution is 2.21. The van der Waals surface area contributed by atoms with Crippen molar-refractivity contribution >= 4 is 57.2 Å². The standard InChI is InChI=1S/C15H12IN3O3S/c1-9-8-12(19(21)22)6-7-13(9)17-15(23)18-14(20)10-2-4-11(16)5-3-10/h2-8H,1H3,(H2,17,18,20,23). The van der Waals surface area contributed by atoms with E-state index in [0.717, 1.165) is 3.57 Å². The third-order valence-corrected chi connectivity index (χ3v) is 3.93. The van der Waals surface area contributed by atoms with Crippen molar-refractivity contribution in [3.8, 4) is 0 Å². The summed E-state index contributed by atoms with van der Waals surface area (Å²) in [7, 11) is 0. The summed E-state index contributed by atoms with van der Waals surface area (Å²) in [6.45, 7) is 1.72. The summed E-state index contributed by atoms with van der Waals surface area (Å²) >= 11 is 7.26. The first kappa shape index (κ1) is 17.3. The van der Waals surface area contributed by atoms with Crippen molar-refractivity contribution in [3.63, 3.8) is 0 Å². The van der Waals surface area contributed by atoms with Gasteiger partial charge >= 0.3 is 0 Å². The van der Waals surface area contributed by atoms with Gasteiger partial charge in [0.15, 0.2) is 5.11 Å². The van der Waals surface area contributed by atoms with Crippen molar-refractivity contribution in [2.24, 2.45) is 0 Å². The van der Waals surface area contributed by atoms with Crippen molar-refractivity contribution in [3.05, 3.63) is 67.3 Å². The summed E-state index contributed by atoms with van der Waals surface area (Å²) in [5, 5.41) is 16.3. The molecule has 6 nitrogen and oxygen atoms in total. The van der Waals surface area contributed by atoms with E-state index >= 15 is 0 Å². The summed E-state index contributed by atoms with van der Waals surface area (Å²) < 4.78 is 1.03. The zero-order valence-electron chi connectivity index (χ0n) is 12.0. The molecule has 0 aliphatic rings. The van der Waals surface area contributed by atoms with Crippen LogP contribution in [0.3, 0.4) is 0 Å². The first-order valence-electron chi connectivity index (χ1n) is 6.50. The number of hydrogen-bond donors (Lipinski definition) is 2. The van der Waals surface area contributed by atoms with Crippen LogP contribution in [0.1, 0.15) is 15.9 Å². The molecule has 0 radical (unpaired) electrons. The molecule has 1 amide bonds. The van der Waals surface area contributed by atoms with Gasteiger partial charge < -0.3 is 5.32 Å². The normalized spacial score (nSPS) is 10.0. The van der Waals surface area contributed by atoms with E-state index in [9.17, 15) is 14.9 Å². The topological polar surface area (TPSA) is 84.3 Å². The Bertz CT molecular complexity index is 778. The van der Waals surface area contributed by atoms with Crippen molar-refractivity contribution in [1.29, 1.82) is 0 Å². The molecule has 0 atom stereocenters. The Hall–Kier alpha value is -2.07. The maximum atomic E-state index is 12.1. The highest BCUT2D eigenvalue weighted by Gasteiger charge is 2.11. The Kier molecular flexibility index (Phi) is 5.61. The molecule has 2 aromatic rings. The number of nitro benzene ring substituents is 1. The lowest BCUT2D eigenvalue weighted by atomic mass is 10.2. The lowest BCUT2D eigenvalue weighted by Gasteiger charge is -2.11. The summed E-state index contributed by atoms with van der Waals surface area (Å²) in [6, 6.07) is 11.4. The van der Waals surface area contributed by atoms with Crippen LogP contribution in [0, 0.1) is 20.6 Å². The van der Waals surface area contributed by atoms with Crippen LogP contribution in [-0.4, -0.2) is 15.9 Å². The van der Waals surface area contributed by atoms with Gasteiger partial charge in [0.25, 0.3) is 11.6 Å². The number of carbonyl (C=O) groups is 1. The number of nitro groups is 1. The van der Waals surface area contributed by atoms with Crippen LogP contribution in [0.2, 0.25) is 0 Å². The molecule has 0 spiro atoms. The third kappa shape index (κ3) is 4.70. The molecule has 0 unspecified atom stereocenters. The van der Waals surface area contributed by atoms with Gasteiger partial charge in [0.1, 0.15) is 0 Å². The van der Waals surface area contributed by atoms with Crippen molar-refractivity contribution in [2.75, 3.05) is 5.32 Å². The predicted molar refractivity (Wildman–Crippen MR) is 101 cm³/mol. The van der Waals surface area contributed by atoms with Gasteiger partial charge in [0, 0.05) is 27.0 Å². The van der Waals surface area contributed by atoms with Crippen LogP contribution >= 0.6 is 34.8 Å². The molecule has 2 aromatic carbocycles. The van der Waals surface area contributed by atoms with E-state index in [1.54, 1.807) is 25.1 Å². The second kappa shape index (κ2) is 7.47. The number of anilines is 1. The van der Waals surface area contributed by atoms with Crippen molar-refractivity contribution in [2.45, 2.75) is 6.92 Å². The number of non-ortho nitro benzene ring substituents is 1. The number of carbonyl (C=O) groups excluding carboxylic acids is 1. The van der Waals surface area contributed by atoms with Gasteiger partial charge in [0.05, 0.1) is 4.92 Å². The smallest absolute Gasteiger partial charge is 0.269 e. The fourth-order valence-electron chi connectivity index (χ4n) is 1.83. The minimum Gasteiger partial charge on any atom is -0.332 e. The minimum absolute atomic E-state index is 0.00175. The number of halogens is 1. The van der Waals surface area contributed by atoms with Gasteiger partial charge in [0.2, 0.25) is 0 Å². The minimum atomic E-state index is -0.465. The summed E-state index contributed by atoms with van der Waals surface area (Å²) in [5.74, 6) is -0.321. The molecule has 0 saturated carbocycles. The van der Waals surface area contributed by atoms with Crippen molar-refractivity contribution in [1.82, 2.24) is 5.32 Å². The Balaban J connectivity index is 2.03. The zero-order valence-corrected chi connectivity index (χ0v) is 15.0. The second-order valence-electron chi connectivity index (χ2n) is 4.67. The predicted octanol–water partition coefficient (Wildman–Crippen LogP) is 3.63. The molecule has 0 aliphatic heterocycles. The van der Waals surface area contributed by atoms with E-state index in [1.807, 2.05) is 12.1 Å². The summed E-state index contributed by atoms with van der Waals surface area (Å²) in [4.78, 5) is 22.3. The number of nitrogens with zero attached hydrogens (tertiary/aromatic N) is 1. The monoisotopic (exact) mass is 441 g/mol. The summed E-state index contributed by atoms with van der Waals surface area (Å²) in [6.07, 6.45) is 0. The molecule has 2 N–H and O–H groups in total. The van der Waals surface area contributed by atoms with Gasteiger partial charge in [-0.05, 0) is 77.6 Å². The van der Waals surface area contributed by atoms with Gasteiger partial charge in [-0.1, -0.05) is 0 Å². The Labute approximate surface area is 151 Å². The van der Waals surface area contributed by atoms with E-state index in [2.05, 4.69) is 33.2 Å². The molecule has 0 saturated heterocycles. The number of hydrogen-bond acceptors (Lipinski definition) is 4. The lowest BCUT2D eigenvalue weighted by Crippen LogP contribution is -2.34. The largest absolute Gasteiger partial charge is 0.332 e. The van der Waals surface area contributed by atoms with Crippen LogP contribution in [0.25, 0.3) is 0 Å². The van der Waals surface area contributed by atoms with E-state index in [4.69, 9.17) is 12.2 Å². The molecule has 2 rings (SSSR count). The van der Waals surface area contributed by atoms with Crippen molar-refractivity contribution < 1.29 is 9.72 Å². The quantitative estimate of drug-likeness (QED) is 0.329. The number of rotatable bonds is 3. The zero-order chi connectivity index (χ0) is 17.0. The number of aryl methyl sites for hydroxylation is 1. The van der Waals surface area contributed by atoms with E-state index in [-0.39, 0.29) is 16.7 Å². The van der Waals surface area contributed by atoms with Gasteiger partial charge in [-0.3, -0.25) is 20.2 Å². The molecule has 0 fully saturated rings. The number of nitrogens with one attached hydrogen (secondary N) is 2. The number of benzene rings is 2. The molecule has 0 heterocycles. The maximum absolute atomic E-state index is 12.1. The van der Waals surface area contributed by atoms with E-state index < -0.39 is 4.92 Å². The molecule has 8 heteroatoms. The average Bonchev–Trinajstić information content (AvgIpc) is 2.49. The first-order chi connectivity index (χ1) is 10.9. The highest BCUT2D eigenvalue weighted by atomic mass is 127. The third-order valence-electron chi connectivity index (χ3n) is 3.00. The summed E-state index contributed by atoms with van der Waals surface area (Å²) in [5.41, 5.74) is 1.76. The second-order valence-corrected chi connectivity index (χ2v) is 6.33. The van der Waals surface area contributed by atoms with E-state index in [0.29, 0.717) is 16.8 Å². The Morgan fingerprint density at radius 3 is 2.43 bits per heavy atom. The Morgan fingerprint density at radius 1 is 1.22 bits per heavy atom. The first-order valence-corrected chi connectivity index (χ1v) is 7.98. The average molecular weight is 441 g/mol. The van der Waals surface area contributed by atoms with Crippen LogP contribution < -0.4 is 10.6 Å². The van der Waals surface area contributed by atoms with Gasteiger partial charge in [-0.15, -0.1) is 0 Å². The molecule has 0 aliphatic carbocycles. The lowest BCUT2D eigenvalue weighted by molar-refractivity contribution is -0.384. The number of thiocarbonyl (C=S) groups is 1. The van der Waals surface area contributed by atoms with Gasteiger partial charge in [-0.25, -0.2) is 0 Å². The molecular formula is C15H12IN3O3S. The molecular weight excluding hydrogens is 429 g/mol. The Morgan fingerprint density at radius 2 is 1.87 bits per heavy atom. The molecule has 118 valence electrons. The highest BCUT2D eigenvalue weighted by molar-refractivity contribution is 14.1. The molecule has 23 heavy (non-hydrogen) atoms. The van der Waals surface area contributed by atoms with E-state index in [1.165, 1.54) is 12.1 Å². The fourth-order valence-corrected chi connectivity index (χ4v) is 2.39. The maximum Gasteiger partial charge on any atom is 0.269 e. The van der Waals surface area contributed by atoms with Crippen LogP contribution in [0.5, 0.6) is 0 Å². The van der Waals surface area contributed by atoms with Crippen LogP contribution in [0.4, 0.5) is 11.4 Å². The number of amides is 1.